The Morgan fingerprint density at radius 2 is 2.24 bits per heavy atom. The van der Waals surface area contributed by atoms with Crippen LogP contribution in [0.15, 0.2) is 41.6 Å². The first kappa shape index (κ1) is 12.1. The number of halogens is 2. The van der Waals surface area contributed by atoms with Gasteiger partial charge >= 0.3 is 6.55 Å². The Labute approximate surface area is 103 Å². The minimum absolute atomic E-state index is 0.395. The van der Waals surface area contributed by atoms with E-state index in [1.54, 1.807) is 0 Å². The molecule has 2 aromatic rings. The Balaban J connectivity index is 2.05. The molecule has 0 saturated carbocycles. The summed E-state index contributed by atoms with van der Waals surface area (Å²) in [5.41, 5.74) is 1.16. The van der Waals surface area contributed by atoms with Gasteiger partial charge in [-0.3, -0.25) is 4.57 Å². The number of hydrogen-bond acceptors (Lipinski definition) is 2. The maximum absolute atomic E-state index is 12.6. The van der Waals surface area contributed by atoms with Crippen LogP contribution in [0, 0.1) is 6.92 Å². The predicted molar refractivity (Wildman–Crippen MR) is 64.2 cm³/mol. The summed E-state index contributed by atoms with van der Waals surface area (Å²) in [5, 5.41) is 0. The van der Waals surface area contributed by atoms with Gasteiger partial charge in [0, 0.05) is 17.3 Å². The van der Waals surface area contributed by atoms with Crippen LogP contribution in [0.1, 0.15) is 17.9 Å². The van der Waals surface area contributed by atoms with Crippen molar-refractivity contribution >= 4 is 11.8 Å². The summed E-state index contributed by atoms with van der Waals surface area (Å²) < 4.78 is 26.0. The molecular weight excluding hydrogens is 242 g/mol. The average Bonchev–Trinajstić information content (AvgIpc) is 2.74. The Morgan fingerprint density at radius 3 is 2.94 bits per heavy atom. The fraction of sp³-hybridized carbons (Fsp3) is 0.250. The molecule has 90 valence electrons. The van der Waals surface area contributed by atoms with Crippen molar-refractivity contribution in [3.63, 3.8) is 0 Å². The highest BCUT2D eigenvalue weighted by Crippen LogP contribution is 2.24. The van der Waals surface area contributed by atoms with E-state index in [-0.39, 0.29) is 0 Å². The van der Waals surface area contributed by atoms with Crippen molar-refractivity contribution in [3.8, 4) is 0 Å². The summed E-state index contributed by atoms with van der Waals surface area (Å²) >= 11 is 1.51. The first-order chi connectivity index (χ1) is 8.16. The molecule has 1 heterocycles. The van der Waals surface area contributed by atoms with E-state index in [2.05, 4.69) is 4.98 Å². The zero-order valence-electron chi connectivity index (χ0n) is 9.31. The molecular formula is C12H12F2N2S. The molecule has 0 saturated heterocycles. The summed E-state index contributed by atoms with van der Waals surface area (Å²) in [7, 11) is 0. The molecule has 2 rings (SSSR count). The second kappa shape index (κ2) is 5.31. The third-order valence-corrected chi connectivity index (χ3v) is 3.31. The molecule has 0 aliphatic carbocycles. The van der Waals surface area contributed by atoms with Gasteiger partial charge in [0.15, 0.2) is 0 Å². The zero-order valence-corrected chi connectivity index (χ0v) is 10.1. The van der Waals surface area contributed by atoms with Crippen molar-refractivity contribution < 1.29 is 8.78 Å². The van der Waals surface area contributed by atoms with Crippen LogP contribution in [-0.2, 0) is 5.75 Å². The third-order valence-electron chi connectivity index (χ3n) is 2.32. The smallest absolute Gasteiger partial charge is 0.277 e. The lowest BCUT2D eigenvalue weighted by atomic mass is 10.2. The van der Waals surface area contributed by atoms with Gasteiger partial charge in [0.05, 0.1) is 5.75 Å². The molecule has 0 aliphatic heterocycles. The fourth-order valence-electron chi connectivity index (χ4n) is 1.49. The first-order valence-corrected chi connectivity index (χ1v) is 6.14. The second-order valence-corrected chi connectivity index (χ2v) is 4.68. The van der Waals surface area contributed by atoms with Crippen LogP contribution in [0.25, 0.3) is 0 Å². The second-order valence-electron chi connectivity index (χ2n) is 3.63. The molecule has 0 aliphatic rings. The van der Waals surface area contributed by atoms with E-state index >= 15 is 0 Å². The molecule has 17 heavy (non-hydrogen) atoms. The van der Waals surface area contributed by atoms with E-state index in [0.29, 0.717) is 11.6 Å². The summed E-state index contributed by atoms with van der Waals surface area (Å²) in [5.74, 6) is 0.840. The number of rotatable bonds is 4. The van der Waals surface area contributed by atoms with E-state index in [9.17, 15) is 8.78 Å². The molecule has 0 spiro atoms. The molecule has 0 amide bonds. The molecule has 0 N–H and O–H groups in total. The topological polar surface area (TPSA) is 17.8 Å². The highest BCUT2D eigenvalue weighted by Gasteiger charge is 2.11. The number of aromatic nitrogens is 2. The maximum atomic E-state index is 12.6. The van der Waals surface area contributed by atoms with Crippen molar-refractivity contribution in [1.29, 1.82) is 0 Å². The van der Waals surface area contributed by atoms with Crippen LogP contribution < -0.4 is 0 Å². The fourth-order valence-corrected chi connectivity index (χ4v) is 2.45. The van der Waals surface area contributed by atoms with E-state index in [0.717, 1.165) is 15.0 Å². The van der Waals surface area contributed by atoms with Crippen LogP contribution in [0.5, 0.6) is 0 Å². The van der Waals surface area contributed by atoms with Gasteiger partial charge in [-0.25, -0.2) is 4.98 Å². The molecule has 2 nitrogen and oxygen atoms in total. The number of benzene rings is 1. The number of nitrogens with zero attached hydrogens (tertiary/aromatic N) is 2. The molecule has 0 radical (unpaired) electrons. The lowest BCUT2D eigenvalue weighted by molar-refractivity contribution is 0.0678. The van der Waals surface area contributed by atoms with E-state index in [4.69, 9.17) is 0 Å². The van der Waals surface area contributed by atoms with Crippen molar-refractivity contribution in [3.05, 3.63) is 48.0 Å². The lowest BCUT2D eigenvalue weighted by Gasteiger charge is -2.06. The largest absolute Gasteiger partial charge is 0.319 e. The normalized spacial score (nSPS) is 11.1. The highest BCUT2D eigenvalue weighted by molar-refractivity contribution is 7.98. The maximum Gasteiger partial charge on any atom is 0.319 e. The molecule has 0 unspecified atom stereocenters. The monoisotopic (exact) mass is 254 g/mol. The van der Waals surface area contributed by atoms with Crippen LogP contribution in [0.3, 0.4) is 0 Å². The zero-order chi connectivity index (χ0) is 12.3. The number of thioether (sulfide) groups is 1. The van der Waals surface area contributed by atoms with Gasteiger partial charge in [0.2, 0.25) is 0 Å². The SMILES string of the molecule is Cc1cccc(SCc2nccn2C(F)F)c1. The third kappa shape index (κ3) is 3.06. The van der Waals surface area contributed by atoms with Crippen LogP contribution in [0.4, 0.5) is 8.78 Å². The van der Waals surface area contributed by atoms with Gasteiger partial charge in [-0.05, 0) is 19.1 Å². The Kier molecular flexibility index (Phi) is 3.78. The van der Waals surface area contributed by atoms with Crippen molar-refractivity contribution in [1.82, 2.24) is 9.55 Å². The van der Waals surface area contributed by atoms with Gasteiger partial charge in [0.25, 0.3) is 0 Å². The molecule has 0 atom stereocenters. The molecule has 0 fully saturated rings. The van der Waals surface area contributed by atoms with E-state index < -0.39 is 6.55 Å². The van der Waals surface area contributed by atoms with Crippen molar-refractivity contribution in [2.24, 2.45) is 0 Å². The summed E-state index contributed by atoms with van der Waals surface area (Å²) in [6.07, 6.45) is 2.70. The Hall–Kier alpha value is -1.36. The standard InChI is InChI=1S/C12H12F2N2S/c1-9-3-2-4-10(7-9)17-8-11-15-5-6-16(11)12(13)14/h2-7,12H,8H2,1H3. The van der Waals surface area contributed by atoms with E-state index in [1.165, 1.54) is 24.2 Å². The van der Waals surface area contributed by atoms with Gasteiger partial charge in [0.1, 0.15) is 5.82 Å². The van der Waals surface area contributed by atoms with Crippen LogP contribution in [-0.4, -0.2) is 9.55 Å². The predicted octanol–water partition coefficient (Wildman–Crippen LogP) is 3.88. The summed E-state index contributed by atoms with van der Waals surface area (Å²) in [6.45, 7) is -0.518. The number of imidazole rings is 1. The summed E-state index contributed by atoms with van der Waals surface area (Å²) in [6, 6.07) is 7.95. The lowest BCUT2D eigenvalue weighted by Crippen LogP contribution is -2.01. The molecule has 1 aromatic carbocycles. The van der Waals surface area contributed by atoms with Gasteiger partial charge in [-0.2, -0.15) is 8.78 Å². The number of alkyl halides is 2. The highest BCUT2D eigenvalue weighted by atomic mass is 32.2. The van der Waals surface area contributed by atoms with Crippen molar-refractivity contribution in [2.45, 2.75) is 24.1 Å². The minimum Gasteiger partial charge on any atom is -0.277 e. The van der Waals surface area contributed by atoms with Crippen LogP contribution in [0.2, 0.25) is 0 Å². The van der Waals surface area contributed by atoms with Gasteiger partial charge in [-0.15, -0.1) is 11.8 Å². The van der Waals surface area contributed by atoms with Crippen molar-refractivity contribution in [2.75, 3.05) is 0 Å². The van der Waals surface area contributed by atoms with Gasteiger partial charge in [-0.1, -0.05) is 17.7 Å². The summed E-state index contributed by atoms with van der Waals surface area (Å²) in [4.78, 5) is 5.00. The Morgan fingerprint density at radius 1 is 1.41 bits per heavy atom. The van der Waals surface area contributed by atoms with Gasteiger partial charge < -0.3 is 0 Å². The minimum atomic E-state index is -2.52. The first-order valence-electron chi connectivity index (χ1n) is 5.16. The van der Waals surface area contributed by atoms with E-state index in [1.807, 2.05) is 31.2 Å². The molecule has 0 bridgehead atoms. The number of hydrogen-bond donors (Lipinski definition) is 0. The van der Waals surface area contributed by atoms with Crippen LogP contribution >= 0.6 is 11.8 Å². The molecule has 5 heteroatoms. The number of aryl methyl sites for hydroxylation is 1. The average molecular weight is 254 g/mol. The molecule has 1 aromatic heterocycles. The quantitative estimate of drug-likeness (QED) is 0.771. The Bertz CT molecular complexity index is 497.